The lowest BCUT2D eigenvalue weighted by atomic mass is 9.41. The van der Waals surface area contributed by atoms with Gasteiger partial charge in [0.2, 0.25) is 11.8 Å². The maximum absolute atomic E-state index is 14.4. The van der Waals surface area contributed by atoms with E-state index in [1.54, 1.807) is 12.4 Å². The van der Waals surface area contributed by atoms with Crippen LogP contribution in [0.3, 0.4) is 0 Å². The summed E-state index contributed by atoms with van der Waals surface area (Å²) in [6, 6.07) is 7.78. The van der Waals surface area contributed by atoms with Gasteiger partial charge < -0.3 is 9.42 Å². The van der Waals surface area contributed by atoms with Gasteiger partial charge in [0.1, 0.15) is 5.67 Å². The molecule has 3 aromatic rings. The molecule has 0 saturated heterocycles. The fourth-order valence-electron chi connectivity index (χ4n) is 8.67. The normalized spacial score (nSPS) is 32.2. The summed E-state index contributed by atoms with van der Waals surface area (Å²) in [5.74, 6) is 1.55. The Balaban J connectivity index is 1.05. The molecule has 2 aromatic heterocycles. The summed E-state index contributed by atoms with van der Waals surface area (Å²) < 4.78 is 46.7. The molecule has 0 atom stereocenters. The second kappa shape index (κ2) is 9.48. The van der Waals surface area contributed by atoms with Crippen molar-refractivity contribution in [2.75, 3.05) is 11.4 Å². The highest BCUT2D eigenvalue weighted by molar-refractivity contribution is 7.90. The number of hydrogen-bond acceptors (Lipinski definition) is 7. The third-order valence-corrected chi connectivity index (χ3v) is 13.6. The predicted molar refractivity (Wildman–Crippen MR) is 167 cm³/mol. The van der Waals surface area contributed by atoms with Gasteiger partial charge in [0.15, 0.2) is 5.82 Å². The molecule has 0 unspecified atom stereocenters. The molecule has 0 N–H and O–H groups in total. The molecular formula is C34H42FN5O4S. The van der Waals surface area contributed by atoms with Gasteiger partial charge in [-0.2, -0.15) is 14.2 Å². The van der Waals surface area contributed by atoms with Crippen LogP contribution in [0.25, 0.3) is 11.1 Å². The topological polar surface area (TPSA) is 111 Å². The summed E-state index contributed by atoms with van der Waals surface area (Å²) in [5.41, 5.74) is 0.752. The van der Waals surface area contributed by atoms with Gasteiger partial charge in [-0.25, -0.2) is 12.8 Å². The van der Waals surface area contributed by atoms with Crippen LogP contribution in [0.2, 0.25) is 0 Å². The van der Waals surface area contributed by atoms with Crippen LogP contribution in [0.4, 0.5) is 10.1 Å². The monoisotopic (exact) mass is 635 g/mol. The summed E-state index contributed by atoms with van der Waals surface area (Å²) >= 11 is 0. The first kappa shape index (κ1) is 29.3. The van der Waals surface area contributed by atoms with E-state index in [1.165, 1.54) is 0 Å². The van der Waals surface area contributed by atoms with Crippen LogP contribution in [-0.4, -0.2) is 51.1 Å². The van der Waals surface area contributed by atoms with Gasteiger partial charge in [0, 0.05) is 35.0 Å². The molecule has 7 saturated carbocycles. The van der Waals surface area contributed by atoms with Gasteiger partial charge in [-0.3, -0.25) is 4.79 Å². The number of benzene rings is 1. The molecule has 2 heterocycles. The predicted octanol–water partition coefficient (Wildman–Crippen LogP) is 6.48. The largest absolute Gasteiger partial charge is 0.339 e. The second-order valence-corrected chi connectivity index (χ2v) is 18.3. The number of hydrogen-bond donors (Lipinski definition) is 0. The lowest BCUT2D eigenvalue weighted by Crippen LogP contribution is -2.65. The number of aromatic nitrogens is 4. The molecule has 0 radical (unpaired) electrons. The minimum atomic E-state index is -3.47. The molecule has 240 valence electrons. The van der Waals surface area contributed by atoms with Gasteiger partial charge in [-0.15, -0.1) is 0 Å². The third-order valence-electron chi connectivity index (χ3n) is 11.6. The standard InChI is InChI=1S/C34H42FN5O4S/c1-30(2,3)29-37-28(38-44-29)33-12-9-31(10-13-33,11-14-33)22-39(27(41)16-32-19-34(35,20-32)21-32)25-6-4-5-23(15-25)24-17-36-40(18-24)45(42,43)26-7-8-26/h4-6,15,17-18,26H,7-14,16,19-22H2,1-3H3. The number of anilines is 1. The summed E-state index contributed by atoms with van der Waals surface area (Å²) in [7, 11) is -3.47. The van der Waals surface area contributed by atoms with Crippen molar-refractivity contribution in [3.8, 4) is 11.1 Å². The molecule has 7 aliphatic rings. The molecule has 7 aliphatic carbocycles. The summed E-state index contributed by atoms with van der Waals surface area (Å²) in [4.78, 5) is 20.9. The molecule has 1 aromatic carbocycles. The Morgan fingerprint density at radius 3 is 2.33 bits per heavy atom. The number of fused-ring (bicyclic) bond motifs is 3. The molecule has 45 heavy (non-hydrogen) atoms. The van der Waals surface area contributed by atoms with E-state index in [2.05, 4.69) is 31.0 Å². The zero-order chi connectivity index (χ0) is 31.5. The Morgan fingerprint density at radius 2 is 1.73 bits per heavy atom. The van der Waals surface area contributed by atoms with Gasteiger partial charge in [-0.1, -0.05) is 38.1 Å². The average molecular weight is 636 g/mol. The third kappa shape index (κ3) is 4.86. The number of carbonyl (C=O) groups is 1. The van der Waals surface area contributed by atoms with Crippen molar-refractivity contribution < 1.29 is 22.1 Å². The number of rotatable bonds is 9. The summed E-state index contributed by atoms with van der Waals surface area (Å²) in [6.45, 7) is 6.85. The van der Waals surface area contributed by atoms with E-state index in [0.717, 1.165) is 59.7 Å². The van der Waals surface area contributed by atoms with E-state index in [-0.39, 0.29) is 32.8 Å². The SMILES string of the molecule is CC(C)(C)c1nc(C23CCC(CN(C(=O)CC45CC(F)(C4)C5)c4cccc(-c5cnn(S(=O)(=O)C6CC6)c5)c4)(CC2)CC3)no1. The van der Waals surface area contributed by atoms with E-state index in [9.17, 15) is 17.6 Å². The first-order valence-corrected chi connectivity index (χ1v) is 18.0. The zero-order valence-electron chi connectivity index (χ0n) is 26.4. The molecule has 7 fully saturated rings. The van der Waals surface area contributed by atoms with E-state index in [1.807, 2.05) is 29.2 Å². The Hall–Kier alpha value is -3.08. The van der Waals surface area contributed by atoms with Crippen molar-refractivity contribution in [3.05, 3.63) is 48.4 Å². The number of amides is 1. The van der Waals surface area contributed by atoms with Crippen LogP contribution in [0.1, 0.15) is 110 Å². The number of alkyl halides is 1. The van der Waals surface area contributed by atoms with Crippen LogP contribution in [0, 0.1) is 10.8 Å². The molecule has 1 amide bonds. The highest BCUT2D eigenvalue weighted by Crippen LogP contribution is 2.71. The van der Waals surface area contributed by atoms with Crippen molar-refractivity contribution in [2.45, 2.75) is 120 Å². The fraction of sp³-hybridized carbons (Fsp3) is 0.647. The Labute approximate surface area is 264 Å². The molecule has 10 rings (SSSR count). The Morgan fingerprint density at radius 1 is 1.04 bits per heavy atom. The molecule has 11 heteroatoms. The number of halogens is 1. The highest BCUT2D eigenvalue weighted by Gasteiger charge is 2.69. The van der Waals surface area contributed by atoms with E-state index < -0.39 is 15.7 Å². The van der Waals surface area contributed by atoms with Crippen LogP contribution < -0.4 is 4.90 Å². The van der Waals surface area contributed by atoms with Gasteiger partial charge in [0.25, 0.3) is 10.0 Å². The summed E-state index contributed by atoms with van der Waals surface area (Å²) in [6.07, 6.45) is 12.1. The van der Waals surface area contributed by atoms with Crippen LogP contribution >= 0.6 is 0 Å². The molecule has 4 bridgehead atoms. The van der Waals surface area contributed by atoms with Crippen LogP contribution in [0.15, 0.2) is 41.2 Å². The van der Waals surface area contributed by atoms with Gasteiger partial charge in [0.05, 0.1) is 17.6 Å². The quantitative estimate of drug-likeness (QED) is 0.265. The van der Waals surface area contributed by atoms with Crippen LogP contribution in [-0.2, 0) is 25.6 Å². The summed E-state index contributed by atoms with van der Waals surface area (Å²) in [5, 5.41) is 8.27. The maximum Gasteiger partial charge on any atom is 0.256 e. The first-order valence-electron chi connectivity index (χ1n) is 16.5. The van der Waals surface area contributed by atoms with E-state index in [0.29, 0.717) is 56.5 Å². The number of nitrogens with zero attached hydrogens (tertiary/aromatic N) is 5. The van der Waals surface area contributed by atoms with Gasteiger partial charge in [-0.05, 0) is 99.2 Å². The van der Waals surface area contributed by atoms with Crippen LogP contribution in [0.5, 0.6) is 0 Å². The fourth-order valence-corrected chi connectivity index (χ4v) is 10.1. The van der Waals surface area contributed by atoms with Crippen molar-refractivity contribution >= 4 is 21.6 Å². The van der Waals surface area contributed by atoms with Crippen molar-refractivity contribution in [1.82, 2.24) is 19.3 Å². The first-order chi connectivity index (χ1) is 21.2. The van der Waals surface area contributed by atoms with E-state index in [4.69, 9.17) is 9.51 Å². The van der Waals surface area contributed by atoms with Crippen molar-refractivity contribution in [2.24, 2.45) is 10.8 Å². The Bertz CT molecular complexity index is 1740. The average Bonchev–Trinajstić information content (AvgIpc) is 3.49. The highest BCUT2D eigenvalue weighted by atomic mass is 32.2. The molecule has 0 aliphatic heterocycles. The molecule has 9 nitrogen and oxygen atoms in total. The number of carbonyl (C=O) groups excluding carboxylic acids is 1. The van der Waals surface area contributed by atoms with Crippen molar-refractivity contribution in [1.29, 1.82) is 0 Å². The van der Waals surface area contributed by atoms with Gasteiger partial charge >= 0.3 is 0 Å². The minimum absolute atomic E-state index is 0.0199. The maximum atomic E-state index is 14.4. The lowest BCUT2D eigenvalue weighted by molar-refractivity contribution is -0.215. The van der Waals surface area contributed by atoms with Crippen molar-refractivity contribution in [3.63, 3.8) is 0 Å². The second-order valence-electron chi connectivity index (χ2n) is 16.2. The minimum Gasteiger partial charge on any atom is -0.339 e. The smallest absolute Gasteiger partial charge is 0.256 e. The Kier molecular flexibility index (Phi) is 6.18. The molecular weight excluding hydrogens is 593 g/mol. The lowest BCUT2D eigenvalue weighted by Gasteiger charge is -2.66. The van der Waals surface area contributed by atoms with E-state index >= 15 is 0 Å². The molecule has 0 spiro atoms. The zero-order valence-corrected chi connectivity index (χ0v) is 27.2.